The van der Waals surface area contributed by atoms with E-state index in [1.54, 1.807) is 45.2 Å². The van der Waals surface area contributed by atoms with Gasteiger partial charge in [0.1, 0.15) is 11.1 Å². The molecule has 0 aliphatic carbocycles. The Bertz CT molecular complexity index is 1060. The third-order valence-electron chi connectivity index (χ3n) is 3.71. The summed E-state index contributed by atoms with van der Waals surface area (Å²) in [6.45, 7) is 6.09. The highest BCUT2D eigenvalue weighted by Gasteiger charge is 2.17. The fraction of sp³-hybridized carbons (Fsp3) is 0.316. The minimum Gasteiger partial charge on any atom is -0.505 e. The number of aromatic nitrogens is 3. The predicted octanol–water partition coefficient (Wildman–Crippen LogP) is 2.98. The van der Waals surface area contributed by atoms with Crippen molar-refractivity contribution < 1.29 is 19.4 Å². The second-order valence-electron chi connectivity index (χ2n) is 7.26. The van der Waals surface area contributed by atoms with Crippen LogP contribution in [0.4, 0.5) is 15.1 Å². The van der Waals surface area contributed by atoms with E-state index in [9.17, 15) is 14.7 Å². The van der Waals surface area contributed by atoms with Crippen molar-refractivity contribution in [3.8, 4) is 5.75 Å². The first-order valence-corrected chi connectivity index (χ1v) is 9.97. The largest absolute Gasteiger partial charge is 0.505 e. The lowest BCUT2D eigenvalue weighted by atomic mass is 10.1. The summed E-state index contributed by atoms with van der Waals surface area (Å²) in [7, 11) is 0. The molecular formula is C19H22N6O4S. The topological polar surface area (TPSA) is 138 Å². The molecule has 30 heavy (non-hydrogen) atoms. The third-order valence-corrected chi connectivity index (χ3v) is 4.50. The molecule has 0 aliphatic heterocycles. The number of rotatable bonds is 6. The molecule has 0 fully saturated rings. The van der Waals surface area contributed by atoms with Crippen molar-refractivity contribution in [2.24, 2.45) is 0 Å². The Kier molecular flexibility index (Phi) is 6.31. The van der Waals surface area contributed by atoms with Crippen molar-refractivity contribution in [3.63, 3.8) is 0 Å². The molecule has 2 heterocycles. The quantitative estimate of drug-likeness (QED) is 0.438. The van der Waals surface area contributed by atoms with Crippen LogP contribution in [0.25, 0.3) is 10.9 Å². The Hall–Kier alpha value is -3.47. The summed E-state index contributed by atoms with van der Waals surface area (Å²) in [6, 6.07) is 6.78. The molecule has 0 saturated carbocycles. The minimum atomic E-state index is -0.556. The van der Waals surface area contributed by atoms with Crippen LogP contribution in [-0.2, 0) is 4.74 Å². The van der Waals surface area contributed by atoms with Crippen LogP contribution in [0.15, 0.2) is 30.5 Å². The zero-order chi connectivity index (χ0) is 21.7. The van der Waals surface area contributed by atoms with E-state index in [0.29, 0.717) is 23.7 Å². The fourth-order valence-electron chi connectivity index (χ4n) is 2.47. The molecule has 3 rings (SSSR count). The number of carbonyl (C=O) groups excluding carboxylic acids is 2. The number of amides is 2. The first-order valence-electron chi connectivity index (χ1n) is 9.15. The highest BCUT2D eigenvalue weighted by atomic mass is 32.1. The van der Waals surface area contributed by atoms with E-state index in [1.807, 2.05) is 0 Å². The van der Waals surface area contributed by atoms with Crippen molar-refractivity contribution in [2.45, 2.75) is 26.4 Å². The standard InChI is InChI=1S/C19H22N6O4S/c1-19(2,3)29-18(28)22-10-9-21-16-24-25-17(30-16)23-15(27)12-7-6-11-5-4-8-20-13(11)14(12)26/h4-8,26H,9-10H2,1-3H3,(H,21,24)(H,22,28)(H,23,25,27). The molecular weight excluding hydrogens is 408 g/mol. The normalized spacial score (nSPS) is 11.2. The Labute approximate surface area is 176 Å². The summed E-state index contributed by atoms with van der Waals surface area (Å²) in [6.07, 6.45) is 1.04. The molecule has 0 bridgehead atoms. The maximum Gasteiger partial charge on any atom is 0.407 e. The fourth-order valence-corrected chi connectivity index (χ4v) is 3.14. The van der Waals surface area contributed by atoms with E-state index < -0.39 is 17.6 Å². The van der Waals surface area contributed by atoms with Crippen LogP contribution in [0.3, 0.4) is 0 Å². The number of benzene rings is 1. The Balaban J connectivity index is 1.52. The van der Waals surface area contributed by atoms with Crippen molar-refractivity contribution >= 4 is 44.5 Å². The number of hydrogen-bond donors (Lipinski definition) is 4. The first kappa shape index (κ1) is 21.2. The molecule has 11 heteroatoms. The summed E-state index contributed by atoms with van der Waals surface area (Å²) < 4.78 is 5.14. The molecule has 2 aromatic heterocycles. The number of ether oxygens (including phenoxy) is 1. The van der Waals surface area contributed by atoms with Gasteiger partial charge in [-0.25, -0.2) is 4.79 Å². The molecule has 158 valence electrons. The Morgan fingerprint density at radius 2 is 1.90 bits per heavy atom. The minimum absolute atomic E-state index is 0.0902. The monoisotopic (exact) mass is 430 g/mol. The van der Waals surface area contributed by atoms with Crippen molar-refractivity contribution in [3.05, 3.63) is 36.0 Å². The summed E-state index contributed by atoms with van der Waals surface area (Å²) in [5.41, 5.74) is -0.117. The average Bonchev–Trinajstić information content (AvgIpc) is 3.11. The van der Waals surface area contributed by atoms with Crippen LogP contribution in [0.2, 0.25) is 0 Å². The molecule has 0 radical (unpaired) electrons. The molecule has 4 N–H and O–H groups in total. The molecule has 10 nitrogen and oxygen atoms in total. The predicted molar refractivity (Wildman–Crippen MR) is 114 cm³/mol. The maximum absolute atomic E-state index is 12.5. The van der Waals surface area contributed by atoms with Crippen LogP contribution in [0.1, 0.15) is 31.1 Å². The van der Waals surface area contributed by atoms with Crippen LogP contribution in [-0.4, -0.2) is 51.0 Å². The van der Waals surface area contributed by atoms with Crippen LogP contribution >= 0.6 is 11.3 Å². The van der Waals surface area contributed by atoms with Crippen molar-refractivity contribution in [1.29, 1.82) is 0 Å². The van der Waals surface area contributed by atoms with E-state index in [2.05, 4.69) is 31.1 Å². The highest BCUT2D eigenvalue weighted by molar-refractivity contribution is 7.19. The van der Waals surface area contributed by atoms with E-state index in [4.69, 9.17) is 4.74 Å². The number of phenols is 1. The van der Waals surface area contributed by atoms with Gasteiger partial charge < -0.3 is 20.5 Å². The summed E-state index contributed by atoms with van der Waals surface area (Å²) in [5.74, 6) is -0.712. The summed E-state index contributed by atoms with van der Waals surface area (Å²) >= 11 is 1.13. The van der Waals surface area contributed by atoms with Gasteiger partial charge >= 0.3 is 6.09 Å². The zero-order valence-corrected chi connectivity index (χ0v) is 17.5. The Morgan fingerprint density at radius 1 is 1.13 bits per heavy atom. The number of carbonyl (C=O) groups is 2. The number of hydrogen-bond acceptors (Lipinski definition) is 9. The number of pyridine rings is 1. The molecule has 1 aromatic carbocycles. The Morgan fingerprint density at radius 3 is 2.67 bits per heavy atom. The molecule has 0 aliphatic rings. The average molecular weight is 430 g/mol. The number of aromatic hydroxyl groups is 1. The zero-order valence-electron chi connectivity index (χ0n) is 16.7. The highest BCUT2D eigenvalue weighted by Crippen LogP contribution is 2.28. The number of nitrogens with one attached hydrogen (secondary N) is 3. The van der Waals surface area contributed by atoms with E-state index >= 15 is 0 Å². The molecule has 0 spiro atoms. The number of nitrogens with zero attached hydrogens (tertiary/aromatic N) is 3. The lowest BCUT2D eigenvalue weighted by molar-refractivity contribution is 0.0530. The molecule has 0 unspecified atom stereocenters. The SMILES string of the molecule is CC(C)(C)OC(=O)NCCNc1nnc(NC(=O)c2ccc3cccnc3c2O)s1. The van der Waals surface area contributed by atoms with Gasteiger partial charge in [-0.3, -0.25) is 15.1 Å². The lowest BCUT2D eigenvalue weighted by Gasteiger charge is -2.19. The van der Waals surface area contributed by atoms with Crippen molar-refractivity contribution in [2.75, 3.05) is 23.7 Å². The molecule has 0 atom stereocenters. The number of alkyl carbamates (subject to hydrolysis) is 1. The van der Waals surface area contributed by atoms with Gasteiger partial charge in [-0.05, 0) is 32.9 Å². The molecule has 2 amide bonds. The third kappa shape index (κ3) is 5.54. The first-order chi connectivity index (χ1) is 14.2. The number of fused-ring (bicyclic) bond motifs is 1. The number of phenolic OH excluding ortho intramolecular Hbond substituents is 1. The maximum atomic E-state index is 12.5. The summed E-state index contributed by atoms with van der Waals surface area (Å²) in [4.78, 5) is 28.2. The van der Waals surface area contributed by atoms with E-state index in [-0.39, 0.29) is 16.4 Å². The summed E-state index contributed by atoms with van der Waals surface area (Å²) in [5, 5.41) is 27.9. The second-order valence-corrected chi connectivity index (χ2v) is 8.24. The van der Waals surface area contributed by atoms with Crippen LogP contribution < -0.4 is 16.0 Å². The van der Waals surface area contributed by atoms with Crippen molar-refractivity contribution in [1.82, 2.24) is 20.5 Å². The second kappa shape index (κ2) is 8.91. The number of anilines is 2. The smallest absolute Gasteiger partial charge is 0.407 e. The van der Waals surface area contributed by atoms with Crippen LogP contribution in [0, 0.1) is 0 Å². The van der Waals surface area contributed by atoms with Gasteiger partial charge in [0.2, 0.25) is 10.3 Å². The van der Waals surface area contributed by atoms with E-state index in [1.165, 1.54) is 6.07 Å². The van der Waals surface area contributed by atoms with E-state index in [0.717, 1.165) is 16.7 Å². The van der Waals surface area contributed by atoms with Gasteiger partial charge in [-0.2, -0.15) is 0 Å². The molecule has 0 saturated heterocycles. The van der Waals surface area contributed by atoms with Gasteiger partial charge in [0.05, 0.1) is 5.56 Å². The lowest BCUT2D eigenvalue weighted by Crippen LogP contribution is -2.34. The van der Waals surface area contributed by atoms with Gasteiger partial charge in [0, 0.05) is 24.7 Å². The van der Waals surface area contributed by atoms with Gasteiger partial charge in [-0.1, -0.05) is 23.5 Å². The van der Waals surface area contributed by atoms with Gasteiger partial charge in [-0.15, -0.1) is 10.2 Å². The van der Waals surface area contributed by atoms with Crippen LogP contribution in [0.5, 0.6) is 5.75 Å². The van der Waals surface area contributed by atoms with Gasteiger partial charge in [0.25, 0.3) is 5.91 Å². The van der Waals surface area contributed by atoms with Gasteiger partial charge in [0.15, 0.2) is 5.75 Å². The molecule has 3 aromatic rings.